The summed E-state index contributed by atoms with van der Waals surface area (Å²) in [4.78, 5) is 33.7. The van der Waals surface area contributed by atoms with Gasteiger partial charge in [0.1, 0.15) is 11.4 Å². The summed E-state index contributed by atoms with van der Waals surface area (Å²) in [6, 6.07) is 13.8. The van der Waals surface area contributed by atoms with Gasteiger partial charge in [-0.3, -0.25) is 9.59 Å². The predicted molar refractivity (Wildman–Crippen MR) is 124 cm³/mol. The van der Waals surface area contributed by atoms with Gasteiger partial charge in [-0.15, -0.1) is 0 Å². The Balaban J connectivity index is 1.54. The van der Waals surface area contributed by atoms with Gasteiger partial charge >= 0.3 is 0 Å². The highest BCUT2D eigenvalue weighted by atomic mass is 19.1. The van der Waals surface area contributed by atoms with Crippen LogP contribution >= 0.6 is 0 Å². The smallest absolute Gasteiger partial charge is 0.291 e. The predicted octanol–water partition coefficient (Wildman–Crippen LogP) is 4.29. The molecule has 1 aliphatic carbocycles. The molecule has 1 saturated carbocycles. The van der Waals surface area contributed by atoms with Crippen LogP contribution in [0.25, 0.3) is 11.0 Å². The van der Waals surface area contributed by atoms with E-state index < -0.39 is 5.54 Å². The number of hydrogen-bond donors (Lipinski definition) is 1. The van der Waals surface area contributed by atoms with E-state index in [1.54, 1.807) is 17.0 Å². The van der Waals surface area contributed by atoms with E-state index in [4.69, 9.17) is 0 Å². The van der Waals surface area contributed by atoms with Crippen LogP contribution in [0.2, 0.25) is 0 Å². The van der Waals surface area contributed by atoms with Crippen LogP contribution in [0.1, 0.15) is 55.7 Å². The molecule has 1 aromatic heterocycles. The monoisotopic (exact) mass is 448 g/mol. The topological polar surface area (TPSA) is 67.2 Å². The Morgan fingerprint density at radius 2 is 1.88 bits per heavy atom. The highest BCUT2D eigenvalue weighted by Gasteiger charge is 2.49. The number of aromatic nitrogens is 2. The Bertz CT molecular complexity index is 1200. The van der Waals surface area contributed by atoms with E-state index in [2.05, 4.69) is 17.2 Å². The summed E-state index contributed by atoms with van der Waals surface area (Å²) >= 11 is 0. The number of fused-ring (bicyclic) bond motifs is 3. The highest BCUT2D eigenvalue weighted by molar-refractivity contribution is 6.01. The largest absolute Gasteiger partial charge is 0.351 e. The third-order valence-corrected chi connectivity index (χ3v) is 7.32. The molecule has 3 aromatic rings. The van der Waals surface area contributed by atoms with Gasteiger partial charge < -0.3 is 14.8 Å². The number of nitrogens with one attached hydrogen (secondary N) is 1. The first kappa shape index (κ1) is 21.6. The van der Waals surface area contributed by atoms with E-state index in [0.29, 0.717) is 18.3 Å². The fraction of sp³-hybridized carbons (Fsp3) is 0.423. The summed E-state index contributed by atoms with van der Waals surface area (Å²) in [7, 11) is 0. The van der Waals surface area contributed by atoms with E-state index >= 15 is 0 Å². The molecular formula is C26H29FN4O2. The maximum absolute atomic E-state index is 13.8. The van der Waals surface area contributed by atoms with Gasteiger partial charge in [-0.05, 0) is 55.5 Å². The molecule has 5 rings (SSSR count). The molecule has 3 atom stereocenters. The zero-order valence-corrected chi connectivity index (χ0v) is 19.1. The first-order valence-electron chi connectivity index (χ1n) is 11.7. The van der Waals surface area contributed by atoms with Crippen LogP contribution in [-0.4, -0.2) is 37.8 Å². The fourth-order valence-corrected chi connectivity index (χ4v) is 5.20. The van der Waals surface area contributed by atoms with E-state index in [-0.39, 0.29) is 30.2 Å². The number of carbonyl (C=O) groups is 2. The molecule has 0 bridgehead atoms. The molecule has 7 heteroatoms. The van der Waals surface area contributed by atoms with Gasteiger partial charge in [0.25, 0.3) is 5.91 Å². The molecule has 1 N–H and O–H groups in total. The summed E-state index contributed by atoms with van der Waals surface area (Å²) in [5.41, 5.74) is 1.22. The second-order valence-corrected chi connectivity index (χ2v) is 9.64. The van der Waals surface area contributed by atoms with Crippen LogP contribution in [0.4, 0.5) is 4.39 Å². The third-order valence-electron chi connectivity index (χ3n) is 7.32. The minimum absolute atomic E-state index is 0.103. The third kappa shape index (κ3) is 3.79. The molecule has 0 saturated heterocycles. The number of carbonyl (C=O) groups excluding carboxylic acids is 2. The van der Waals surface area contributed by atoms with E-state index in [1.807, 2.05) is 35.8 Å². The minimum atomic E-state index is -1.11. The lowest BCUT2D eigenvalue weighted by molar-refractivity contribution is -0.134. The lowest BCUT2D eigenvalue weighted by Gasteiger charge is -2.44. The molecule has 0 unspecified atom stereocenters. The number of hydrogen-bond acceptors (Lipinski definition) is 3. The molecule has 1 aliphatic heterocycles. The molecule has 0 spiro atoms. The average molecular weight is 449 g/mol. The van der Waals surface area contributed by atoms with Crippen molar-refractivity contribution in [2.24, 2.45) is 5.92 Å². The number of rotatable bonds is 4. The average Bonchev–Trinajstić information content (AvgIpc) is 3.18. The first-order chi connectivity index (χ1) is 15.9. The van der Waals surface area contributed by atoms with Crippen molar-refractivity contribution in [3.63, 3.8) is 0 Å². The van der Waals surface area contributed by atoms with Crippen molar-refractivity contribution in [1.29, 1.82) is 0 Å². The number of nitrogens with zero attached hydrogens (tertiary/aromatic N) is 3. The van der Waals surface area contributed by atoms with Crippen molar-refractivity contribution in [3.05, 3.63) is 65.7 Å². The Labute approximate surface area is 192 Å². The molecular weight excluding hydrogens is 419 g/mol. The van der Waals surface area contributed by atoms with Crippen molar-refractivity contribution < 1.29 is 14.0 Å². The van der Waals surface area contributed by atoms with Gasteiger partial charge in [-0.1, -0.05) is 44.0 Å². The van der Waals surface area contributed by atoms with E-state index in [1.165, 1.54) is 18.6 Å². The Hall–Kier alpha value is -3.22. The number of benzene rings is 2. The quantitative estimate of drug-likeness (QED) is 0.648. The molecule has 2 amide bonds. The maximum Gasteiger partial charge on any atom is 0.291 e. The van der Waals surface area contributed by atoms with Crippen molar-refractivity contribution in [3.8, 4) is 0 Å². The molecule has 2 aliphatic rings. The number of para-hydroxylation sites is 2. The van der Waals surface area contributed by atoms with Crippen LogP contribution in [0.15, 0.2) is 48.5 Å². The Morgan fingerprint density at radius 3 is 2.64 bits per heavy atom. The van der Waals surface area contributed by atoms with Crippen molar-refractivity contribution >= 4 is 22.8 Å². The van der Waals surface area contributed by atoms with Gasteiger partial charge in [0.15, 0.2) is 5.82 Å². The fourth-order valence-electron chi connectivity index (χ4n) is 5.20. The zero-order valence-electron chi connectivity index (χ0n) is 19.1. The van der Waals surface area contributed by atoms with Crippen molar-refractivity contribution in [1.82, 2.24) is 19.8 Å². The van der Waals surface area contributed by atoms with Crippen LogP contribution in [0, 0.1) is 11.7 Å². The van der Waals surface area contributed by atoms with Crippen LogP contribution in [0.3, 0.4) is 0 Å². The number of imidazole rings is 1. The lowest BCUT2D eigenvalue weighted by atomic mass is 9.85. The SMILES string of the molecule is C[C@@H]1CCCC[C@H]1NC(=O)[C@]1(C)Cn2c(nc3ccccc32)C(=O)N1Cc1ccc(F)cc1. The van der Waals surface area contributed by atoms with Crippen molar-refractivity contribution in [2.75, 3.05) is 0 Å². The summed E-state index contributed by atoms with van der Waals surface area (Å²) in [6.45, 7) is 4.51. The van der Waals surface area contributed by atoms with Gasteiger partial charge in [0, 0.05) is 12.6 Å². The second-order valence-electron chi connectivity index (χ2n) is 9.64. The first-order valence-corrected chi connectivity index (χ1v) is 11.7. The molecule has 2 heterocycles. The number of halogens is 1. The summed E-state index contributed by atoms with van der Waals surface area (Å²) in [6.07, 6.45) is 4.33. The molecule has 2 aromatic carbocycles. The molecule has 6 nitrogen and oxygen atoms in total. The molecule has 172 valence electrons. The lowest BCUT2D eigenvalue weighted by Crippen LogP contribution is -2.65. The standard InChI is InChI=1S/C26H29FN4O2/c1-17-7-3-4-8-20(17)29-25(33)26(2)16-30-22-10-6-5-9-21(22)28-23(30)24(32)31(26)15-18-11-13-19(27)14-12-18/h5-6,9-14,17,20H,3-4,7-8,15-16H2,1-2H3,(H,29,33)/t17-,20-,26+/m1/s1. The molecule has 33 heavy (non-hydrogen) atoms. The number of amides is 2. The zero-order chi connectivity index (χ0) is 23.2. The van der Waals surface area contributed by atoms with Crippen LogP contribution < -0.4 is 5.32 Å². The summed E-state index contributed by atoms with van der Waals surface area (Å²) in [5.74, 6) is -0.0519. The van der Waals surface area contributed by atoms with E-state index in [0.717, 1.165) is 35.9 Å². The highest BCUT2D eigenvalue weighted by Crippen LogP contribution is 2.33. The Morgan fingerprint density at radius 1 is 1.15 bits per heavy atom. The van der Waals surface area contributed by atoms with Crippen LogP contribution in [0.5, 0.6) is 0 Å². The van der Waals surface area contributed by atoms with Crippen LogP contribution in [-0.2, 0) is 17.9 Å². The second kappa shape index (κ2) is 8.28. The molecule has 0 radical (unpaired) electrons. The van der Waals surface area contributed by atoms with Gasteiger partial charge in [0.05, 0.1) is 17.6 Å². The minimum Gasteiger partial charge on any atom is -0.351 e. The van der Waals surface area contributed by atoms with Crippen molar-refractivity contribution in [2.45, 2.75) is 64.2 Å². The summed E-state index contributed by atoms with van der Waals surface area (Å²) in [5, 5.41) is 3.27. The van der Waals surface area contributed by atoms with Gasteiger partial charge in [0.2, 0.25) is 5.91 Å². The summed E-state index contributed by atoms with van der Waals surface area (Å²) < 4.78 is 15.3. The normalized spacial score (nSPS) is 25.2. The van der Waals surface area contributed by atoms with Gasteiger partial charge in [-0.25, -0.2) is 9.37 Å². The maximum atomic E-state index is 13.8. The van der Waals surface area contributed by atoms with Gasteiger partial charge in [-0.2, -0.15) is 0 Å². The van der Waals surface area contributed by atoms with E-state index in [9.17, 15) is 14.0 Å². The molecule has 1 fully saturated rings. The Kier molecular flexibility index (Phi) is 5.43.